The van der Waals surface area contributed by atoms with Gasteiger partial charge in [0.2, 0.25) is 5.91 Å². The molecule has 1 heterocycles. The Morgan fingerprint density at radius 2 is 1.91 bits per heavy atom. The van der Waals surface area contributed by atoms with Crippen molar-refractivity contribution in [2.45, 2.75) is 40.7 Å². The standard InChI is InChI=1S/C18H25N3O2/c1-12(2)11-21-14(4)17(13(3)20-21)10-18(22)19-15-6-8-16(23-5)9-7-15/h6-9,12H,10-11H2,1-5H3,(H,19,22). The number of nitrogens with zero attached hydrogens (tertiary/aromatic N) is 2. The molecule has 5 nitrogen and oxygen atoms in total. The van der Waals surface area contributed by atoms with Crippen LogP contribution in [0.1, 0.15) is 30.8 Å². The lowest BCUT2D eigenvalue weighted by Gasteiger charge is -2.09. The summed E-state index contributed by atoms with van der Waals surface area (Å²) in [5.41, 5.74) is 3.77. The van der Waals surface area contributed by atoms with Gasteiger partial charge < -0.3 is 10.1 Å². The molecular weight excluding hydrogens is 290 g/mol. The van der Waals surface area contributed by atoms with Crippen LogP contribution in [-0.4, -0.2) is 22.8 Å². The number of hydrogen-bond donors (Lipinski definition) is 1. The van der Waals surface area contributed by atoms with E-state index in [2.05, 4.69) is 24.3 Å². The summed E-state index contributed by atoms with van der Waals surface area (Å²) >= 11 is 0. The Balaban J connectivity index is 2.06. The molecule has 5 heteroatoms. The first-order chi connectivity index (χ1) is 10.9. The number of ether oxygens (including phenoxy) is 1. The van der Waals surface area contributed by atoms with Crippen LogP contribution in [0.15, 0.2) is 24.3 Å². The zero-order chi connectivity index (χ0) is 17.0. The van der Waals surface area contributed by atoms with E-state index in [1.54, 1.807) is 7.11 Å². The molecule has 1 amide bonds. The third kappa shape index (κ3) is 4.34. The van der Waals surface area contributed by atoms with Crippen LogP contribution in [0.25, 0.3) is 0 Å². The maximum atomic E-state index is 12.3. The minimum atomic E-state index is -0.0366. The van der Waals surface area contributed by atoms with Crippen molar-refractivity contribution in [1.82, 2.24) is 9.78 Å². The number of aromatic nitrogens is 2. The second-order valence-electron chi connectivity index (χ2n) is 6.18. The van der Waals surface area contributed by atoms with Gasteiger partial charge in [-0.2, -0.15) is 5.10 Å². The van der Waals surface area contributed by atoms with Crippen LogP contribution in [0.4, 0.5) is 5.69 Å². The van der Waals surface area contributed by atoms with Gasteiger partial charge in [-0.1, -0.05) is 13.8 Å². The van der Waals surface area contributed by atoms with Crippen molar-refractivity contribution in [3.8, 4) is 5.75 Å². The Kier molecular flexibility index (Phi) is 5.42. The first-order valence-electron chi connectivity index (χ1n) is 7.87. The Hall–Kier alpha value is -2.30. The van der Waals surface area contributed by atoms with Gasteiger partial charge in [0.05, 0.1) is 19.2 Å². The topological polar surface area (TPSA) is 56.1 Å². The van der Waals surface area contributed by atoms with Crippen LogP contribution in [0.2, 0.25) is 0 Å². The molecule has 0 saturated heterocycles. The smallest absolute Gasteiger partial charge is 0.228 e. The summed E-state index contributed by atoms with van der Waals surface area (Å²) in [5, 5.41) is 7.47. The molecule has 0 aliphatic rings. The van der Waals surface area contributed by atoms with Gasteiger partial charge >= 0.3 is 0 Å². The van der Waals surface area contributed by atoms with Crippen molar-refractivity contribution in [1.29, 1.82) is 0 Å². The van der Waals surface area contributed by atoms with E-state index in [0.29, 0.717) is 12.3 Å². The zero-order valence-electron chi connectivity index (χ0n) is 14.5. The SMILES string of the molecule is COc1ccc(NC(=O)Cc2c(C)nn(CC(C)C)c2C)cc1. The van der Waals surface area contributed by atoms with Crippen molar-refractivity contribution >= 4 is 11.6 Å². The maximum absolute atomic E-state index is 12.3. The zero-order valence-corrected chi connectivity index (χ0v) is 14.5. The van der Waals surface area contributed by atoms with Crippen LogP contribution in [0, 0.1) is 19.8 Å². The van der Waals surface area contributed by atoms with E-state index in [9.17, 15) is 4.79 Å². The number of aryl methyl sites for hydroxylation is 1. The highest BCUT2D eigenvalue weighted by Gasteiger charge is 2.15. The number of carbonyl (C=O) groups excluding carboxylic acids is 1. The molecule has 0 aliphatic heterocycles. The van der Waals surface area contributed by atoms with E-state index in [4.69, 9.17) is 4.74 Å². The number of anilines is 1. The highest BCUT2D eigenvalue weighted by molar-refractivity contribution is 5.92. The lowest BCUT2D eigenvalue weighted by atomic mass is 10.1. The average molecular weight is 315 g/mol. The number of amides is 1. The molecule has 0 atom stereocenters. The van der Waals surface area contributed by atoms with E-state index in [0.717, 1.165) is 34.9 Å². The molecule has 0 unspecified atom stereocenters. The molecule has 0 radical (unpaired) electrons. The monoisotopic (exact) mass is 315 g/mol. The Labute approximate surface area is 137 Å². The van der Waals surface area contributed by atoms with Crippen molar-refractivity contribution in [2.24, 2.45) is 5.92 Å². The van der Waals surface area contributed by atoms with E-state index in [1.165, 1.54) is 0 Å². The summed E-state index contributed by atoms with van der Waals surface area (Å²) in [6, 6.07) is 7.32. The third-order valence-electron chi connectivity index (χ3n) is 3.78. The molecule has 0 saturated carbocycles. The molecule has 0 fully saturated rings. The molecule has 1 N–H and O–H groups in total. The van der Waals surface area contributed by atoms with Gasteiger partial charge in [0.25, 0.3) is 0 Å². The largest absolute Gasteiger partial charge is 0.497 e. The number of rotatable bonds is 6. The fraction of sp³-hybridized carbons (Fsp3) is 0.444. The molecule has 0 aliphatic carbocycles. The van der Waals surface area contributed by atoms with Crippen molar-refractivity contribution < 1.29 is 9.53 Å². The molecule has 23 heavy (non-hydrogen) atoms. The lowest BCUT2D eigenvalue weighted by molar-refractivity contribution is -0.115. The number of carbonyl (C=O) groups is 1. The number of hydrogen-bond acceptors (Lipinski definition) is 3. The van der Waals surface area contributed by atoms with Gasteiger partial charge in [0.1, 0.15) is 5.75 Å². The normalized spacial score (nSPS) is 10.9. The molecule has 2 rings (SSSR count). The van der Waals surface area contributed by atoms with Crippen LogP contribution in [-0.2, 0) is 17.8 Å². The predicted molar refractivity (Wildman–Crippen MR) is 91.9 cm³/mol. The molecule has 1 aromatic heterocycles. The quantitative estimate of drug-likeness (QED) is 0.889. The van der Waals surface area contributed by atoms with Crippen molar-refractivity contribution in [3.05, 3.63) is 41.2 Å². The molecule has 1 aromatic carbocycles. The van der Waals surface area contributed by atoms with E-state index < -0.39 is 0 Å². The molecular formula is C18H25N3O2. The first kappa shape index (κ1) is 17.1. The lowest BCUT2D eigenvalue weighted by Crippen LogP contribution is -2.15. The first-order valence-corrected chi connectivity index (χ1v) is 7.87. The van der Waals surface area contributed by atoms with Gasteiger partial charge in [-0.05, 0) is 44.0 Å². The average Bonchev–Trinajstić information content (AvgIpc) is 2.75. The fourth-order valence-corrected chi connectivity index (χ4v) is 2.55. The second-order valence-corrected chi connectivity index (χ2v) is 6.18. The predicted octanol–water partition coefficient (Wildman–Crippen LogP) is 3.35. The fourth-order valence-electron chi connectivity index (χ4n) is 2.55. The van der Waals surface area contributed by atoms with Crippen molar-refractivity contribution in [3.63, 3.8) is 0 Å². The molecule has 0 bridgehead atoms. The van der Waals surface area contributed by atoms with E-state index >= 15 is 0 Å². The highest BCUT2D eigenvalue weighted by Crippen LogP contribution is 2.18. The summed E-state index contributed by atoms with van der Waals surface area (Å²) < 4.78 is 7.11. The number of benzene rings is 1. The van der Waals surface area contributed by atoms with Crippen LogP contribution < -0.4 is 10.1 Å². The summed E-state index contributed by atoms with van der Waals surface area (Å²) in [6.45, 7) is 9.17. The Morgan fingerprint density at radius 1 is 1.26 bits per heavy atom. The summed E-state index contributed by atoms with van der Waals surface area (Å²) in [7, 11) is 1.62. The number of methoxy groups -OCH3 is 1. The molecule has 124 valence electrons. The van der Waals surface area contributed by atoms with Gasteiger partial charge in [-0.3, -0.25) is 9.48 Å². The summed E-state index contributed by atoms with van der Waals surface area (Å²) in [4.78, 5) is 12.3. The van der Waals surface area contributed by atoms with Crippen LogP contribution in [0.5, 0.6) is 5.75 Å². The van der Waals surface area contributed by atoms with Gasteiger partial charge in [0.15, 0.2) is 0 Å². The van der Waals surface area contributed by atoms with Gasteiger partial charge in [0, 0.05) is 23.5 Å². The van der Waals surface area contributed by atoms with Crippen molar-refractivity contribution in [2.75, 3.05) is 12.4 Å². The molecule has 2 aromatic rings. The highest BCUT2D eigenvalue weighted by atomic mass is 16.5. The minimum Gasteiger partial charge on any atom is -0.497 e. The Morgan fingerprint density at radius 3 is 2.48 bits per heavy atom. The summed E-state index contributed by atoms with van der Waals surface area (Å²) in [6.07, 6.45) is 0.335. The Bertz CT molecular complexity index is 672. The van der Waals surface area contributed by atoms with E-state index in [1.807, 2.05) is 42.8 Å². The third-order valence-corrected chi connectivity index (χ3v) is 3.78. The van der Waals surface area contributed by atoms with Crippen LogP contribution in [0.3, 0.4) is 0 Å². The van der Waals surface area contributed by atoms with E-state index in [-0.39, 0.29) is 5.91 Å². The minimum absolute atomic E-state index is 0.0366. The number of nitrogens with one attached hydrogen (secondary N) is 1. The molecule has 0 spiro atoms. The van der Waals surface area contributed by atoms with Gasteiger partial charge in [-0.15, -0.1) is 0 Å². The van der Waals surface area contributed by atoms with Crippen LogP contribution >= 0.6 is 0 Å². The van der Waals surface area contributed by atoms with Gasteiger partial charge in [-0.25, -0.2) is 0 Å². The summed E-state index contributed by atoms with van der Waals surface area (Å²) in [5.74, 6) is 1.25. The maximum Gasteiger partial charge on any atom is 0.228 e. The second kappa shape index (κ2) is 7.31.